The molecule has 0 unspecified atom stereocenters. The SMILES string of the molecule is Fc1cccc(CCCc2ccc(-c3ccccc3)cc2)c1. The highest BCUT2D eigenvalue weighted by Gasteiger charge is 1.99. The summed E-state index contributed by atoms with van der Waals surface area (Å²) < 4.78 is 13.1. The molecule has 3 aromatic rings. The molecule has 0 bridgehead atoms. The smallest absolute Gasteiger partial charge is 0.123 e. The second kappa shape index (κ2) is 7.04. The number of rotatable bonds is 5. The van der Waals surface area contributed by atoms with E-state index >= 15 is 0 Å². The maximum atomic E-state index is 13.1. The molecule has 3 aromatic carbocycles. The molecule has 1 heteroatoms. The van der Waals surface area contributed by atoms with Gasteiger partial charge >= 0.3 is 0 Å². The van der Waals surface area contributed by atoms with Gasteiger partial charge in [-0.25, -0.2) is 4.39 Å². The van der Waals surface area contributed by atoms with Gasteiger partial charge in [0.05, 0.1) is 0 Å². The lowest BCUT2D eigenvalue weighted by Gasteiger charge is -2.05. The molecule has 0 fully saturated rings. The number of hydrogen-bond donors (Lipinski definition) is 0. The van der Waals surface area contributed by atoms with Crippen molar-refractivity contribution in [3.05, 3.63) is 95.8 Å². The summed E-state index contributed by atoms with van der Waals surface area (Å²) in [5.41, 5.74) is 4.89. The van der Waals surface area contributed by atoms with E-state index in [-0.39, 0.29) is 5.82 Å². The molecule has 0 N–H and O–H groups in total. The lowest BCUT2D eigenvalue weighted by Crippen LogP contribution is -1.91. The average Bonchev–Trinajstić information content (AvgIpc) is 2.56. The highest BCUT2D eigenvalue weighted by Crippen LogP contribution is 2.20. The van der Waals surface area contributed by atoms with Gasteiger partial charge in [0, 0.05) is 0 Å². The van der Waals surface area contributed by atoms with Crippen molar-refractivity contribution >= 4 is 0 Å². The third-order valence-corrected chi connectivity index (χ3v) is 3.88. The Morgan fingerprint density at radius 3 is 2.00 bits per heavy atom. The van der Waals surface area contributed by atoms with Crippen molar-refractivity contribution in [2.75, 3.05) is 0 Å². The number of halogens is 1. The van der Waals surface area contributed by atoms with Gasteiger partial charge in [-0.15, -0.1) is 0 Å². The van der Waals surface area contributed by atoms with E-state index in [0.717, 1.165) is 24.8 Å². The molecule has 0 aliphatic rings. The fraction of sp³-hybridized carbons (Fsp3) is 0.143. The average molecular weight is 290 g/mol. The zero-order valence-electron chi connectivity index (χ0n) is 12.5. The van der Waals surface area contributed by atoms with Crippen molar-refractivity contribution in [1.82, 2.24) is 0 Å². The summed E-state index contributed by atoms with van der Waals surface area (Å²) in [6, 6.07) is 26.0. The van der Waals surface area contributed by atoms with E-state index in [1.165, 1.54) is 22.8 Å². The topological polar surface area (TPSA) is 0 Å². The summed E-state index contributed by atoms with van der Waals surface area (Å²) in [7, 11) is 0. The molecule has 0 radical (unpaired) electrons. The largest absolute Gasteiger partial charge is 0.207 e. The molecule has 3 rings (SSSR count). The summed E-state index contributed by atoms with van der Waals surface area (Å²) >= 11 is 0. The zero-order chi connectivity index (χ0) is 15.2. The predicted molar refractivity (Wildman–Crippen MR) is 90.3 cm³/mol. The Kier molecular flexibility index (Phi) is 4.65. The number of hydrogen-bond acceptors (Lipinski definition) is 0. The Morgan fingerprint density at radius 1 is 0.591 bits per heavy atom. The van der Waals surface area contributed by atoms with Gasteiger partial charge < -0.3 is 0 Å². The number of benzene rings is 3. The van der Waals surface area contributed by atoms with Crippen LogP contribution >= 0.6 is 0 Å². The van der Waals surface area contributed by atoms with E-state index in [9.17, 15) is 4.39 Å². The van der Waals surface area contributed by atoms with Crippen LogP contribution in [0.15, 0.2) is 78.9 Å². The summed E-state index contributed by atoms with van der Waals surface area (Å²) in [6.07, 6.45) is 2.97. The summed E-state index contributed by atoms with van der Waals surface area (Å²) in [6.45, 7) is 0. The van der Waals surface area contributed by atoms with E-state index in [1.54, 1.807) is 12.1 Å². The van der Waals surface area contributed by atoms with Crippen LogP contribution in [0.4, 0.5) is 4.39 Å². The monoisotopic (exact) mass is 290 g/mol. The molecule has 0 aromatic heterocycles. The van der Waals surface area contributed by atoms with Crippen LogP contribution in [0.2, 0.25) is 0 Å². The first-order chi connectivity index (χ1) is 10.8. The molecular weight excluding hydrogens is 271 g/mol. The van der Waals surface area contributed by atoms with Crippen molar-refractivity contribution in [1.29, 1.82) is 0 Å². The molecule has 110 valence electrons. The normalized spacial score (nSPS) is 10.6. The van der Waals surface area contributed by atoms with E-state index < -0.39 is 0 Å². The van der Waals surface area contributed by atoms with E-state index in [1.807, 2.05) is 12.1 Å². The van der Waals surface area contributed by atoms with Crippen LogP contribution in [0.5, 0.6) is 0 Å². The second-order valence-electron chi connectivity index (χ2n) is 5.55. The third kappa shape index (κ3) is 3.82. The van der Waals surface area contributed by atoms with Gasteiger partial charge in [-0.3, -0.25) is 0 Å². The van der Waals surface area contributed by atoms with E-state index in [2.05, 4.69) is 48.5 Å². The Morgan fingerprint density at radius 2 is 1.27 bits per heavy atom. The molecule has 22 heavy (non-hydrogen) atoms. The first-order valence-corrected chi connectivity index (χ1v) is 7.70. The van der Waals surface area contributed by atoms with Crippen LogP contribution in [0, 0.1) is 5.82 Å². The summed E-state index contributed by atoms with van der Waals surface area (Å²) in [5.74, 6) is -0.148. The van der Waals surface area contributed by atoms with Gasteiger partial charge in [0.15, 0.2) is 0 Å². The minimum Gasteiger partial charge on any atom is -0.207 e. The van der Waals surface area contributed by atoms with Crippen molar-refractivity contribution in [2.24, 2.45) is 0 Å². The zero-order valence-corrected chi connectivity index (χ0v) is 12.5. The molecule has 0 saturated carbocycles. The fourth-order valence-electron chi connectivity index (χ4n) is 2.68. The fourth-order valence-corrected chi connectivity index (χ4v) is 2.68. The van der Waals surface area contributed by atoms with E-state index in [0.29, 0.717) is 0 Å². The van der Waals surface area contributed by atoms with Crippen molar-refractivity contribution in [3.63, 3.8) is 0 Å². The third-order valence-electron chi connectivity index (χ3n) is 3.88. The second-order valence-corrected chi connectivity index (χ2v) is 5.55. The van der Waals surface area contributed by atoms with Crippen molar-refractivity contribution in [2.45, 2.75) is 19.3 Å². The summed E-state index contributed by atoms with van der Waals surface area (Å²) in [5, 5.41) is 0. The van der Waals surface area contributed by atoms with Gasteiger partial charge in [0.25, 0.3) is 0 Å². The van der Waals surface area contributed by atoms with Crippen LogP contribution in [-0.4, -0.2) is 0 Å². The maximum Gasteiger partial charge on any atom is 0.123 e. The molecule has 0 aliphatic carbocycles. The molecular formula is C21H19F. The van der Waals surface area contributed by atoms with Crippen molar-refractivity contribution < 1.29 is 4.39 Å². The van der Waals surface area contributed by atoms with Crippen LogP contribution in [0.1, 0.15) is 17.5 Å². The molecule has 0 amide bonds. The van der Waals surface area contributed by atoms with Crippen LogP contribution in [-0.2, 0) is 12.8 Å². The predicted octanol–water partition coefficient (Wildman–Crippen LogP) is 5.67. The van der Waals surface area contributed by atoms with E-state index in [4.69, 9.17) is 0 Å². The highest BCUT2D eigenvalue weighted by molar-refractivity contribution is 5.63. The summed E-state index contributed by atoms with van der Waals surface area (Å²) in [4.78, 5) is 0. The van der Waals surface area contributed by atoms with Gasteiger partial charge in [0.2, 0.25) is 0 Å². The lowest BCUT2D eigenvalue weighted by molar-refractivity contribution is 0.624. The molecule has 0 spiro atoms. The molecule has 0 atom stereocenters. The Hall–Kier alpha value is -2.41. The quantitative estimate of drug-likeness (QED) is 0.568. The van der Waals surface area contributed by atoms with Crippen LogP contribution in [0.3, 0.4) is 0 Å². The van der Waals surface area contributed by atoms with Crippen LogP contribution < -0.4 is 0 Å². The van der Waals surface area contributed by atoms with Gasteiger partial charge in [-0.1, -0.05) is 66.7 Å². The van der Waals surface area contributed by atoms with Crippen molar-refractivity contribution in [3.8, 4) is 11.1 Å². The molecule has 0 saturated heterocycles. The first kappa shape index (κ1) is 14.5. The van der Waals surface area contributed by atoms with Gasteiger partial charge in [-0.2, -0.15) is 0 Å². The van der Waals surface area contributed by atoms with Crippen LogP contribution in [0.25, 0.3) is 11.1 Å². The number of aryl methyl sites for hydroxylation is 2. The Bertz CT molecular complexity index is 714. The minimum atomic E-state index is -0.148. The highest BCUT2D eigenvalue weighted by atomic mass is 19.1. The molecule has 0 aliphatic heterocycles. The van der Waals surface area contributed by atoms with Gasteiger partial charge in [0.1, 0.15) is 5.82 Å². The first-order valence-electron chi connectivity index (χ1n) is 7.70. The standard InChI is InChI=1S/C21H19F/c22-21-11-5-8-18(16-21)7-4-6-17-12-14-20(15-13-17)19-9-2-1-3-10-19/h1-3,5,8-16H,4,6-7H2. The Balaban J connectivity index is 1.57. The molecule has 0 nitrogen and oxygen atoms in total. The maximum absolute atomic E-state index is 13.1. The lowest BCUT2D eigenvalue weighted by atomic mass is 10.0. The van der Waals surface area contributed by atoms with Gasteiger partial charge in [-0.05, 0) is 53.6 Å². The Labute approximate surface area is 131 Å². The molecule has 0 heterocycles. The minimum absolute atomic E-state index is 0.148.